The van der Waals surface area contributed by atoms with Crippen molar-refractivity contribution in [3.8, 4) is 0 Å². The number of alkyl halides is 3. The van der Waals surface area contributed by atoms with Gasteiger partial charge in [0.1, 0.15) is 0 Å². The normalized spacial score (nSPS) is 24.0. The van der Waals surface area contributed by atoms with Crippen molar-refractivity contribution in [3.63, 3.8) is 0 Å². The van der Waals surface area contributed by atoms with Crippen LogP contribution in [0.4, 0.5) is 18.9 Å². The van der Waals surface area contributed by atoms with Crippen molar-refractivity contribution in [1.29, 1.82) is 0 Å². The number of hydrogen-bond acceptors (Lipinski definition) is 3. The summed E-state index contributed by atoms with van der Waals surface area (Å²) in [5.74, 6) is 0.991. The Morgan fingerprint density at radius 1 is 1.35 bits per heavy atom. The van der Waals surface area contributed by atoms with Gasteiger partial charge >= 0.3 is 6.18 Å². The molecule has 6 heteroatoms. The van der Waals surface area contributed by atoms with Gasteiger partial charge in [0.15, 0.2) is 0 Å². The zero-order chi connectivity index (χ0) is 14.9. The molecule has 0 aromatic heterocycles. The molecule has 2 unspecified atom stereocenters. The molecule has 1 aromatic rings. The largest absolute Gasteiger partial charge is 0.416 e. The first-order valence-corrected chi connectivity index (χ1v) is 7.68. The molecule has 20 heavy (non-hydrogen) atoms. The monoisotopic (exact) mass is 304 g/mol. The molecular formula is C14H19F3N2S. The Hall–Kier alpha value is -0.880. The average Bonchev–Trinajstić information content (AvgIpc) is 2.40. The molecule has 2 nitrogen and oxygen atoms in total. The first kappa shape index (κ1) is 15.5. The van der Waals surface area contributed by atoms with E-state index in [4.69, 9.17) is 5.73 Å². The van der Waals surface area contributed by atoms with E-state index in [-0.39, 0.29) is 12.1 Å². The SMILES string of the molecule is CC1SCCN(c2ccc(C(F)(F)F)c(CN)c2)C1C. The first-order chi connectivity index (χ1) is 9.34. The van der Waals surface area contributed by atoms with E-state index in [1.54, 1.807) is 12.1 Å². The maximum Gasteiger partial charge on any atom is 0.416 e. The van der Waals surface area contributed by atoms with Gasteiger partial charge in [-0.25, -0.2) is 0 Å². The zero-order valence-electron chi connectivity index (χ0n) is 11.6. The van der Waals surface area contributed by atoms with E-state index >= 15 is 0 Å². The molecule has 1 fully saturated rings. The van der Waals surface area contributed by atoms with Crippen LogP contribution in [0.5, 0.6) is 0 Å². The Bertz CT molecular complexity index is 476. The Labute approximate surface area is 121 Å². The third-order valence-electron chi connectivity index (χ3n) is 3.83. The van der Waals surface area contributed by atoms with Crippen LogP contribution in [0.1, 0.15) is 25.0 Å². The average molecular weight is 304 g/mol. The lowest BCUT2D eigenvalue weighted by atomic mass is 10.0. The third-order valence-corrected chi connectivity index (χ3v) is 5.17. The number of rotatable bonds is 2. The highest BCUT2D eigenvalue weighted by atomic mass is 32.2. The van der Waals surface area contributed by atoms with E-state index in [0.717, 1.165) is 24.1 Å². The number of anilines is 1. The zero-order valence-corrected chi connectivity index (χ0v) is 12.4. The lowest BCUT2D eigenvalue weighted by Gasteiger charge is -2.39. The highest BCUT2D eigenvalue weighted by Gasteiger charge is 2.34. The van der Waals surface area contributed by atoms with Crippen molar-refractivity contribution in [1.82, 2.24) is 0 Å². The van der Waals surface area contributed by atoms with Gasteiger partial charge in [-0.2, -0.15) is 24.9 Å². The van der Waals surface area contributed by atoms with Crippen molar-refractivity contribution >= 4 is 17.4 Å². The number of halogens is 3. The molecule has 1 aromatic carbocycles. The van der Waals surface area contributed by atoms with Gasteiger partial charge in [-0.05, 0) is 30.7 Å². The molecule has 0 radical (unpaired) electrons. The summed E-state index contributed by atoms with van der Waals surface area (Å²) in [5, 5.41) is 0.465. The van der Waals surface area contributed by atoms with E-state index in [1.807, 2.05) is 11.8 Å². The van der Waals surface area contributed by atoms with Gasteiger partial charge in [0.2, 0.25) is 0 Å². The Morgan fingerprint density at radius 3 is 2.65 bits per heavy atom. The molecule has 0 spiro atoms. The molecule has 2 N–H and O–H groups in total. The van der Waals surface area contributed by atoms with Gasteiger partial charge in [-0.3, -0.25) is 0 Å². The predicted molar refractivity (Wildman–Crippen MR) is 78.1 cm³/mol. The molecule has 1 heterocycles. The quantitative estimate of drug-likeness (QED) is 0.907. The maximum absolute atomic E-state index is 12.9. The lowest BCUT2D eigenvalue weighted by molar-refractivity contribution is -0.138. The molecule has 1 aliphatic rings. The molecule has 1 aliphatic heterocycles. The minimum Gasteiger partial charge on any atom is -0.367 e. The van der Waals surface area contributed by atoms with Gasteiger partial charge < -0.3 is 10.6 Å². The van der Waals surface area contributed by atoms with Gasteiger partial charge in [0, 0.05) is 35.8 Å². The minimum absolute atomic E-state index is 0.102. The molecule has 0 saturated carbocycles. The number of hydrogen-bond donors (Lipinski definition) is 1. The van der Waals surface area contributed by atoms with Crippen LogP contribution in [-0.4, -0.2) is 23.6 Å². The van der Waals surface area contributed by atoms with Gasteiger partial charge in [0.25, 0.3) is 0 Å². The highest BCUT2D eigenvalue weighted by molar-refractivity contribution is 8.00. The second-order valence-corrected chi connectivity index (χ2v) is 6.54. The summed E-state index contributed by atoms with van der Waals surface area (Å²) in [7, 11) is 0. The molecular weight excluding hydrogens is 285 g/mol. The number of benzene rings is 1. The molecule has 1 saturated heterocycles. The fraction of sp³-hybridized carbons (Fsp3) is 0.571. The fourth-order valence-electron chi connectivity index (χ4n) is 2.50. The maximum atomic E-state index is 12.9. The standard InChI is InChI=1S/C14H19F3N2S/c1-9-10(2)20-6-5-19(9)12-3-4-13(14(15,16)17)11(7-12)8-18/h3-4,7,9-10H,5-6,8,18H2,1-2H3. The van der Waals surface area contributed by atoms with Crippen LogP contribution < -0.4 is 10.6 Å². The van der Waals surface area contributed by atoms with Crippen molar-refractivity contribution < 1.29 is 13.2 Å². The highest BCUT2D eigenvalue weighted by Crippen LogP contribution is 2.35. The molecule has 112 valence electrons. The lowest BCUT2D eigenvalue weighted by Crippen LogP contribution is -2.44. The second kappa shape index (κ2) is 5.85. The van der Waals surface area contributed by atoms with E-state index < -0.39 is 11.7 Å². The summed E-state index contributed by atoms with van der Waals surface area (Å²) in [6, 6.07) is 4.59. The molecule has 2 rings (SSSR count). The number of thioether (sulfide) groups is 1. The summed E-state index contributed by atoms with van der Waals surface area (Å²) in [6.07, 6.45) is -4.34. The summed E-state index contributed by atoms with van der Waals surface area (Å²) < 4.78 is 38.6. The van der Waals surface area contributed by atoms with E-state index in [2.05, 4.69) is 18.7 Å². The minimum atomic E-state index is -4.34. The van der Waals surface area contributed by atoms with Crippen LogP contribution in [0, 0.1) is 0 Å². The topological polar surface area (TPSA) is 29.3 Å². The van der Waals surface area contributed by atoms with E-state index in [9.17, 15) is 13.2 Å². The molecule has 0 aliphatic carbocycles. The Kier molecular flexibility index (Phi) is 4.54. The van der Waals surface area contributed by atoms with Crippen LogP contribution in [-0.2, 0) is 12.7 Å². The fourth-order valence-corrected chi connectivity index (χ4v) is 3.60. The second-order valence-electron chi connectivity index (χ2n) is 5.05. The summed E-state index contributed by atoms with van der Waals surface area (Å²) >= 11 is 1.90. The van der Waals surface area contributed by atoms with E-state index in [0.29, 0.717) is 11.3 Å². The van der Waals surface area contributed by atoms with E-state index in [1.165, 1.54) is 0 Å². The van der Waals surface area contributed by atoms with Crippen molar-refractivity contribution in [2.75, 3.05) is 17.2 Å². The van der Waals surface area contributed by atoms with Crippen LogP contribution in [0.3, 0.4) is 0 Å². The Morgan fingerprint density at radius 2 is 2.05 bits per heavy atom. The van der Waals surface area contributed by atoms with Crippen LogP contribution >= 0.6 is 11.8 Å². The number of nitrogens with zero attached hydrogens (tertiary/aromatic N) is 1. The molecule has 2 atom stereocenters. The molecule has 0 amide bonds. The number of nitrogens with two attached hydrogens (primary N) is 1. The van der Waals surface area contributed by atoms with Crippen LogP contribution in [0.15, 0.2) is 18.2 Å². The predicted octanol–water partition coefficient (Wildman–Crippen LogP) is 3.49. The molecule has 0 bridgehead atoms. The van der Waals surface area contributed by atoms with Crippen molar-refractivity contribution in [2.45, 2.75) is 37.9 Å². The van der Waals surface area contributed by atoms with Gasteiger partial charge in [0.05, 0.1) is 5.56 Å². The smallest absolute Gasteiger partial charge is 0.367 e. The van der Waals surface area contributed by atoms with Crippen molar-refractivity contribution in [2.24, 2.45) is 5.73 Å². The summed E-state index contributed by atoms with van der Waals surface area (Å²) in [4.78, 5) is 2.17. The Balaban J connectivity index is 2.34. The first-order valence-electron chi connectivity index (χ1n) is 6.63. The third kappa shape index (κ3) is 3.06. The van der Waals surface area contributed by atoms with Crippen LogP contribution in [0.25, 0.3) is 0 Å². The van der Waals surface area contributed by atoms with Crippen LogP contribution in [0.2, 0.25) is 0 Å². The van der Waals surface area contributed by atoms with Gasteiger partial charge in [-0.15, -0.1) is 0 Å². The summed E-state index contributed by atoms with van der Waals surface area (Å²) in [6.45, 7) is 5.01. The van der Waals surface area contributed by atoms with Crippen molar-refractivity contribution in [3.05, 3.63) is 29.3 Å². The van der Waals surface area contributed by atoms with Gasteiger partial charge in [-0.1, -0.05) is 6.92 Å². The summed E-state index contributed by atoms with van der Waals surface area (Å²) in [5.41, 5.74) is 5.85.